The van der Waals surface area contributed by atoms with Crippen molar-refractivity contribution in [3.63, 3.8) is 0 Å². The average molecular weight is 669 g/mol. The molecule has 0 saturated heterocycles. The predicted octanol–water partition coefficient (Wildman–Crippen LogP) is 10.6. The fourth-order valence-corrected chi connectivity index (χ4v) is 10.3. The van der Waals surface area contributed by atoms with Crippen LogP contribution < -0.4 is 0 Å². The van der Waals surface area contributed by atoms with Crippen LogP contribution in [-0.2, 0) is 38.5 Å². The third-order valence-electron chi connectivity index (χ3n) is 13.4. The Bertz CT molecular complexity index is 1670. The van der Waals surface area contributed by atoms with Crippen LogP contribution in [0.3, 0.4) is 0 Å². The Morgan fingerprint density at radius 2 is 0.560 bits per heavy atom. The number of aromatic hydroxyl groups is 4. The van der Waals surface area contributed by atoms with Gasteiger partial charge in [-0.25, -0.2) is 0 Å². The Morgan fingerprint density at radius 1 is 0.320 bits per heavy atom. The maximum Gasteiger partial charge on any atom is 0.122 e. The second-order valence-corrected chi connectivity index (χ2v) is 16.5. The molecule has 4 nitrogen and oxygen atoms in total. The molecule has 5 aliphatic rings. The van der Waals surface area contributed by atoms with E-state index in [4.69, 9.17) is 0 Å². The molecule has 0 amide bonds. The average Bonchev–Trinajstić information content (AvgIpc) is 3.06. The van der Waals surface area contributed by atoms with Crippen LogP contribution in [-0.4, -0.2) is 20.4 Å². The third kappa shape index (κ3) is 5.67. The van der Waals surface area contributed by atoms with Crippen molar-refractivity contribution in [2.24, 2.45) is 0 Å². The largest absolute Gasteiger partial charge is 0.507 e. The van der Waals surface area contributed by atoms with E-state index in [1.807, 2.05) is 0 Å². The van der Waals surface area contributed by atoms with E-state index in [0.29, 0.717) is 35.8 Å². The van der Waals surface area contributed by atoms with Gasteiger partial charge in [0.1, 0.15) is 23.0 Å². The van der Waals surface area contributed by atoms with Crippen LogP contribution in [0, 0.1) is 0 Å². The molecule has 0 spiro atoms. The zero-order valence-electron chi connectivity index (χ0n) is 29.4. The summed E-state index contributed by atoms with van der Waals surface area (Å²) in [5.41, 5.74) is 12.7. The lowest BCUT2D eigenvalue weighted by Crippen LogP contribution is -2.24. The molecule has 4 aromatic rings. The maximum absolute atomic E-state index is 12.1. The summed E-state index contributed by atoms with van der Waals surface area (Å²) in [7, 11) is 0. The molecule has 0 radical (unpaired) electrons. The lowest BCUT2D eigenvalue weighted by atomic mass is 9.64. The number of phenolic OH excluding ortho intramolecular Hbond substituents is 4. The normalized spacial score (nSPS) is 24.5. The molecule has 4 unspecified atom stereocenters. The van der Waals surface area contributed by atoms with Gasteiger partial charge in [-0.2, -0.15) is 0 Å². The molecule has 4 heteroatoms. The summed E-state index contributed by atoms with van der Waals surface area (Å²) < 4.78 is 0. The molecule has 5 aliphatic carbocycles. The van der Waals surface area contributed by atoms with Gasteiger partial charge in [0.2, 0.25) is 0 Å². The molecule has 9 rings (SSSR count). The van der Waals surface area contributed by atoms with Gasteiger partial charge in [0.15, 0.2) is 0 Å². The van der Waals surface area contributed by atoms with Crippen LogP contribution in [0.25, 0.3) is 0 Å². The molecule has 0 aromatic heterocycles. The van der Waals surface area contributed by atoms with Gasteiger partial charge < -0.3 is 20.4 Å². The minimum absolute atomic E-state index is 0.122. The molecule has 4 N–H and O–H groups in total. The molecule has 2 fully saturated rings. The molecule has 50 heavy (non-hydrogen) atoms. The Hall–Kier alpha value is -3.92. The first-order valence-corrected chi connectivity index (χ1v) is 19.8. The summed E-state index contributed by atoms with van der Waals surface area (Å²) in [6.45, 7) is 0. The molecule has 0 aliphatic heterocycles. The van der Waals surface area contributed by atoms with E-state index in [-0.39, 0.29) is 23.7 Å². The van der Waals surface area contributed by atoms with Gasteiger partial charge in [0.05, 0.1) is 0 Å². The molecule has 260 valence electrons. The highest BCUT2D eigenvalue weighted by molar-refractivity contribution is 5.58. The molecule has 4 aromatic carbocycles. The highest BCUT2D eigenvalue weighted by Gasteiger charge is 2.40. The summed E-state index contributed by atoms with van der Waals surface area (Å²) in [4.78, 5) is 0. The third-order valence-corrected chi connectivity index (χ3v) is 13.4. The van der Waals surface area contributed by atoms with Gasteiger partial charge in [0.25, 0.3) is 0 Å². The van der Waals surface area contributed by atoms with Gasteiger partial charge in [-0.15, -0.1) is 0 Å². The van der Waals surface area contributed by atoms with E-state index in [0.717, 1.165) is 147 Å². The number of hydrogen-bond acceptors (Lipinski definition) is 4. The van der Waals surface area contributed by atoms with Crippen LogP contribution >= 0.6 is 0 Å². The smallest absolute Gasteiger partial charge is 0.122 e. The van der Waals surface area contributed by atoms with Gasteiger partial charge >= 0.3 is 0 Å². The van der Waals surface area contributed by atoms with Crippen molar-refractivity contribution in [2.45, 2.75) is 139 Å². The van der Waals surface area contributed by atoms with Crippen molar-refractivity contribution in [1.82, 2.24) is 0 Å². The minimum Gasteiger partial charge on any atom is -0.507 e. The lowest BCUT2D eigenvalue weighted by Gasteiger charge is -2.40. The number of rotatable bonds is 0. The maximum atomic E-state index is 12.1. The van der Waals surface area contributed by atoms with Gasteiger partial charge in [-0.1, -0.05) is 74.2 Å². The Kier molecular flexibility index (Phi) is 8.33. The van der Waals surface area contributed by atoms with Crippen molar-refractivity contribution < 1.29 is 20.4 Å². The molecular formula is C46H52O4. The molecular weight excluding hydrogens is 617 g/mol. The van der Waals surface area contributed by atoms with E-state index in [9.17, 15) is 20.4 Å². The van der Waals surface area contributed by atoms with Crippen molar-refractivity contribution in [3.8, 4) is 23.0 Å². The highest BCUT2D eigenvalue weighted by Crippen LogP contribution is 2.57. The molecule has 12 bridgehead atoms. The standard InChI is InChI=1S/C46H52O4/c47-43-31-17-27-9-5-1-2-6-10-28-18-32(44(48)40(22-28)36-14-13-35(36)39(43)21-27)26-34-20-30-12-8-4-3-7-11-29-19-33(25-31)45(49)41(23-29)37-15-16-38(37)42(24-30)46(34)50/h17-24,35-38,47-50H,1-16,25-26H2. The van der Waals surface area contributed by atoms with Crippen LogP contribution in [0.5, 0.6) is 23.0 Å². The first-order chi connectivity index (χ1) is 24.4. The number of hydrogen-bond donors (Lipinski definition) is 4. The van der Waals surface area contributed by atoms with Crippen LogP contribution in [0.2, 0.25) is 0 Å². The van der Waals surface area contributed by atoms with Gasteiger partial charge in [-0.3, -0.25) is 0 Å². The second kappa shape index (κ2) is 13.0. The summed E-state index contributed by atoms with van der Waals surface area (Å²) in [5, 5.41) is 48.5. The first-order valence-electron chi connectivity index (χ1n) is 19.8. The van der Waals surface area contributed by atoms with E-state index in [1.54, 1.807) is 0 Å². The first kappa shape index (κ1) is 32.0. The van der Waals surface area contributed by atoms with Crippen molar-refractivity contribution in [2.75, 3.05) is 0 Å². The molecule has 2 saturated carbocycles. The second-order valence-electron chi connectivity index (χ2n) is 16.5. The van der Waals surface area contributed by atoms with Crippen molar-refractivity contribution in [1.29, 1.82) is 0 Å². The number of aryl methyl sites for hydroxylation is 4. The van der Waals surface area contributed by atoms with Crippen LogP contribution in [0.4, 0.5) is 0 Å². The van der Waals surface area contributed by atoms with Gasteiger partial charge in [-0.05, 0) is 167 Å². The van der Waals surface area contributed by atoms with E-state index in [1.165, 1.54) is 22.3 Å². The van der Waals surface area contributed by atoms with E-state index < -0.39 is 0 Å². The monoisotopic (exact) mass is 668 g/mol. The predicted molar refractivity (Wildman–Crippen MR) is 199 cm³/mol. The summed E-state index contributed by atoms with van der Waals surface area (Å²) in [6.07, 6.45) is 17.9. The zero-order chi connectivity index (χ0) is 33.9. The van der Waals surface area contributed by atoms with Crippen LogP contribution in [0.15, 0.2) is 48.5 Å². The zero-order valence-corrected chi connectivity index (χ0v) is 29.4. The number of fused-ring (bicyclic) bond motifs is 8. The van der Waals surface area contributed by atoms with E-state index >= 15 is 0 Å². The number of benzene rings is 4. The summed E-state index contributed by atoms with van der Waals surface area (Å²) in [5.74, 6) is 1.97. The van der Waals surface area contributed by atoms with Crippen molar-refractivity contribution in [3.05, 3.63) is 115 Å². The Balaban J connectivity index is 1.30. The molecule has 0 heterocycles. The SMILES string of the molecule is Oc1c2cc3cc1C1CCC1c1cc(cc(c1O)Cc1cc4cc(c1O)C1CCC1c1cc(cc(c1O)C2)CCCCCC4)CCCCCC3. The van der Waals surface area contributed by atoms with Crippen LogP contribution in [0.1, 0.15) is 167 Å². The lowest BCUT2D eigenvalue weighted by molar-refractivity contribution is 0.320. The summed E-state index contributed by atoms with van der Waals surface area (Å²) >= 11 is 0. The number of phenols is 4. The fourth-order valence-electron chi connectivity index (χ4n) is 10.3. The Labute approximate surface area is 297 Å². The summed E-state index contributed by atoms with van der Waals surface area (Å²) in [6, 6.07) is 17.9. The van der Waals surface area contributed by atoms with Gasteiger partial charge in [0, 0.05) is 12.8 Å². The van der Waals surface area contributed by atoms with Crippen molar-refractivity contribution >= 4 is 0 Å². The fraction of sp³-hybridized carbons (Fsp3) is 0.478. The Morgan fingerprint density at radius 3 is 0.780 bits per heavy atom. The topological polar surface area (TPSA) is 80.9 Å². The minimum atomic E-state index is 0.122. The molecule has 4 atom stereocenters. The highest BCUT2D eigenvalue weighted by atomic mass is 16.3. The van der Waals surface area contributed by atoms with E-state index in [2.05, 4.69) is 48.5 Å². The quantitative estimate of drug-likeness (QED) is 0.150.